The summed E-state index contributed by atoms with van der Waals surface area (Å²) in [5.41, 5.74) is 3.14. The van der Waals surface area contributed by atoms with Crippen LogP contribution in [0.3, 0.4) is 0 Å². The second kappa shape index (κ2) is 4.24. The molecule has 0 aromatic heterocycles. The highest BCUT2D eigenvalue weighted by Crippen LogP contribution is 2.35. The number of carboxylic acids is 1. The van der Waals surface area contributed by atoms with Crippen LogP contribution in [0.25, 0.3) is 0 Å². The number of aliphatic carboxylic acids is 1. The Labute approximate surface area is 94.1 Å². The minimum absolute atomic E-state index is 0.471. The molecular weight excluding hydrogens is 207 g/mol. The second-order valence-electron chi connectivity index (χ2n) is 4.44. The van der Waals surface area contributed by atoms with E-state index in [2.05, 4.69) is 0 Å². The van der Waals surface area contributed by atoms with E-state index in [1.165, 1.54) is 0 Å². The Morgan fingerprint density at radius 1 is 1.56 bits per heavy atom. The third-order valence-corrected chi connectivity index (χ3v) is 3.25. The molecule has 2 atom stereocenters. The molecule has 2 rings (SSSR count). The molecule has 86 valence electrons. The predicted octanol–water partition coefficient (Wildman–Crippen LogP) is 2.84. The van der Waals surface area contributed by atoms with Crippen LogP contribution in [0, 0.1) is 6.92 Å². The molecule has 0 saturated heterocycles. The van der Waals surface area contributed by atoms with E-state index >= 15 is 0 Å². The van der Waals surface area contributed by atoms with Gasteiger partial charge in [0, 0.05) is 5.92 Å². The summed E-state index contributed by atoms with van der Waals surface area (Å²) in [5, 5.41) is 8.74. The summed E-state index contributed by atoms with van der Waals surface area (Å²) < 4.78 is 13.6. The maximum absolute atomic E-state index is 13.6. The molecule has 0 amide bonds. The Morgan fingerprint density at radius 3 is 3.00 bits per heavy atom. The molecule has 1 N–H and O–H groups in total. The normalized spacial score (nSPS) is 21.2. The average molecular weight is 222 g/mol. The molecule has 0 spiro atoms. The molecule has 0 radical (unpaired) electrons. The summed E-state index contributed by atoms with van der Waals surface area (Å²) in [6.07, 6.45) is 0.653. The van der Waals surface area contributed by atoms with Gasteiger partial charge in [0.1, 0.15) is 0 Å². The van der Waals surface area contributed by atoms with Crippen molar-refractivity contribution in [3.63, 3.8) is 0 Å². The fraction of sp³-hybridized carbons (Fsp3) is 0.462. The number of benzene rings is 1. The fourth-order valence-electron chi connectivity index (χ4n) is 2.46. The molecule has 0 bridgehead atoms. The first kappa shape index (κ1) is 11.1. The smallest absolute Gasteiger partial charge is 0.338 e. The molecule has 16 heavy (non-hydrogen) atoms. The zero-order chi connectivity index (χ0) is 11.7. The molecule has 2 unspecified atom stereocenters. The van der Waals surface area contributed by atoms with Gasteiger partial charge >= 0.3 is 5.97 Å². The lowest BCUT2D eigenvalue weighted by Crippen LogP contribution is -2.26. The number of hydrogen-bond acceptors (Lipinski definition) is 1. The van der Waals surface area contributed by atoms with Crippen LogP contribution in [0.4, 0.5) is 4.39 Å². The number of hydrogen-bond donors (Lipinski definition) is 1. The largest absolute Gasteiger partial charge is 0.479 e. The highest BCUT2D eigenvalue weighted by atomic mass is 19.1. The highest BCUT2D eigenvalue weighted by Gasteiger charge is 2.32. The molecule has 0 saturated carbocycles. The van der Waals surface area contributed by atoms with E-state index in [1.807, 2.05) is 25.1 Å². The molecule has 1 aromatic carbocycles. The Kier molecular flexibility index (Phi) is 2.95. The maximum Gasteiger partial charge on any atom is 0.338 e. The predicted molar refractivity (Wildman–Crippen MR) is 59.4 cm³/mol. The Morgan fingerprint density at radius 2 is 2.31 bits per heavy atom. The van der Waals surface area contributed by atoms with Crippen molar-refractivity contribution >= 4 is 5.97 Å². The van der Waals surface area contributed by atoms with Crippen LogP contribution in [0.15, 0.2) is 18.2 Å². The van der Waals surface area contributed by atoms with E-state index in [9.17, 15) is 9.18 Å². The van der Waals surface area contributed by atoms with Crippen LogP contribution in [0.5, 0.6) is 0 Å². The van der Waals surface area contributed by atoms with Crippen molar-refractivity contribution in [3.05, 3.63) is 34.9 Å². The van der Waals surface area contributed by atoms with Gasteiger partial charge < -0.3 is 5.11 Å². The van der Waals surface area contributed by atoms with Crippen molar-refractivity contribution in [2.24, 2.45) is 0 Å². The standard InChI is InChI=1S/C13H15FO2/c1-8-5-6-10-9(7-8)3-2-4-11(10)12(14)13(15)16/h5-7,11-12H,2-4H2,1H3,(H,15,16). The Bertz CT molecular complexity index is 414. The van der Waals surface area contributed by atoms with Gasteiger partial charge in [0.05, 0.1) is 0 Å². The van der Waals surface area contributed by atoms with Gasteiger partial charge in [-0.15, -0.1) is 0 Å². The summed E-state index contributed by atoms with van der Waals surface area (Å²) in [4.78, 5) is 10.7. The number of halogens is 1. The number of rotatable bonds is 2. The molecule has 0 aliphatic heterocycles. The SMILES string of the molecule is Cc1ccc2c(c1)CCCC2C(F)C(=O)O. The van der Waals surface area contributed by atoms with Gasteiger partial charge in [0.2, 0.25) is 6.17 Å². The fourth-order valence-corrected chi connectivity index (χ4v) is 2.46. The number of carboxylic acid groups (broad SMARTS) is 1. The minimum Gasteiger partial charge on any atom is -0.479 e. The molecule has 2 nitrogen and oxygen atoms in total. The van der Waals surface area contributed by atoms with Gasteiger partial charge in [-0.1, -0.05) is 23.8 Å². The summed E-state index contributed by atoms with van der Waals surface area (Å²) in [6.45, 7) is 1.99. The quantitative estimate of drug-likeness (QED) is 0.835. The first-order chi connectivity index (χ1) is 7.59. The monoisotopic (exact) mass is 222 g/mol. The molecule has 3 heteroatoms. The van der Waals surface area contributed by atoms with Gasteiger partial charge in [-0.3, -0.25) is 0 Å². The van der Waals surface area contributed by atoms with E-state index in [0.717, 1.165) is 29.5 Å². The van der Waals surface area contributed by atoms with Gasteiger partial charge in [-0.05, 0) is 37.3 Å². The summed E-state index contributed by atoms with van der Waals surface area (Å²) >= 11 is 0. The van der Waals surface area contributed by atoms with Gasteiger partial charge in [-0.25, -0.2) is 9.18 Å². The van der Waals surface area contributed by atoms with Crippen LogP contribution < -0.4 is 0 Å². The van der Waals surface area contributed by atoms with E-state index in [1.54, 1.807) is 0 Å². The highest BCUT2D eigenvalue weighted by molar-refractivity contribution is 5.73. The average Bonchev–Trinajstić information content (AvgIpc) is 2.26. The number of carbonyl (C=O) groups is 1. The molecule has 0 fully saturated rings. The Hall–Kier alpha value is -1.38. The van der Waals surface area contributed by atoms with Crippen molar-refractivity contribution in [1.29, 1.82) is 0 Å². The first-order valence-corrected chi connectivity index (χ1v) is 5.56. The van der Waals surface area contributed by atoms with Gasteiger partial charge in [0.15, 0.2) is 0 Å². The summed E-state index contributed by atoms with van der Waals surface area (Å²) in [7, 11) is 0. The van der Waals surface area contributed by atoms with Crippen molar-refractivity contribution in [2.45, 2.75) is 38.3 Å². The van der Waals surface area contributed by atoms with E-state index < -0.39 is 18.1 Å². The summed E-state index contributed by atoms with van der Waals surface area (Å²) in [6, 6.07) is 5.84. The second-order valence-corrected chi connectivity index (χ2v) is 4.44. The van der Waals surface area contributed by atoms with Gasteiger partial charge in [0.25, 0.3) is 0 Å². The third-order valence-electron chi connectivity index (χ3n) is 3.25. The van der Waals surface area contributed by atoms with E-state index in [4.69, 9.17) is 5.11 Å². The number of fused-ring (bicyclic) bond motifs is 1. The zero-order valence-electron chi connectivity index (χ0n) is 9.24. The van der Waals surface area contributed by atoms with Crippen molar-refractivity contribution in [3.8, 4) is 0 Å². The molecule has 1 aliphatic carbocycles. The van der Waals surface area contributed by atoms with Crippen molar-refractivity contribution in [1.82, 2.24) is 0 Å². The lowest BCUT2D eigenvalue weighted by molar-refractivity contribution is -0.143. The lowest BCUT2D eigenvalue weighted by Gasteiger charge is -2.26. The summed E-state index contributed by atoms with van der Waals surface area (Å²) in [5.74, 6) is -1.82. The topological polar surface area (TPSA) is 37.3 Å². The zero-order valence-corrected chi connectivity index (χ0v) is 9.24. The van der Waals surface area contributed by atoms with Crippen molar-refractivity contribution in [2.75, 3.05) is 0 Å². The van der Waals surface area contributed by atoms with Crippen LogP contribution in [0.2, 0.25) is 0 Å². The van der Waals surface area contributed by atoms with Crippen LogP contribution in [0.1, 0.15) is 35.4 Å². The molecule has 1 aromatic rings. The first-order valence-electron chi connectivity index (χ1n) is 5.56. The minimum atomic E-state index is -1.78. The molecule has 1 aliphatic rings. The maximum atomic E-state index is 13.6. The van der Waals surface area contributed by atoms with Crippen LogP contribution >= 0.6 is 0 Å². The number of aryl methyl sites for hydroxylation is 2. The lowest BCUT2D eigenvalue weighted by atomic mass is 9.80. The molecule has 0 heterocycles. The van der Waals surface area contributed by atoms with Gasteiger partial charge in [-0.2, -0.15) is 0 Å². The van der Waals surface area contributed by atoms with E-state index in [-0.39, 0.29) is 0 Å². The van der Waals surface area contributed by atoms with E-state index in [0.29, 0.717) is 6.42 Å². The third kappa shape index (κ3) is 1.94. The van der Waals surface area contributed by atoms with Crippen LogP contribution in [-0.4, -0.2) is 17.2 Å². The Balaban J connectivity index is 2.36. The van der Waals surface area contributed by atoms with Crippen molar-refractivity contribution < 1.29 is 14.3 Å². The van der Waals surface area contributed by atoms with Crippen LogP contribution in [-0.2, 0) is 11.2 Å². The number of alkyl halides is 1. The molecular formula is C13H15FO2.